The maximum absolute atomic E-state index is 11.7. The molecule has 2 aromatic rings. The van der Waals surface area contributed by atoms with Crippen LogP contribution in [0.25, 0.3) is 0 Å². The zero-order valence-electron chi connectivity index (χ0n) is 13.7. The van der Waals surface area contributed by atoms with Gasteiger partial charge < -0.3 is 14.8 Å². The van der Waals surface area contributed by atoms with Crippen molar-refractivity contribution in [1.82, 2.24) is 5.32 Å². The van der Waals surface area contributed by atoms with Crippen LogP contribution < -0.4 is 10.1 Å². The van der Waals surface area contributed by atoms with E-state index in [-0.39, 0.29) is 19.8 Å². The minimum absolute atomic E-state index is 0.0970. The van der Waals surface area contributed by atoms with Crippen molar-refractivity contribution < 1.29 is 19.1 Å². The van der Waals surface area contributed by atoms with Gasteiger partial charge in [0.25, 0.3) is 5.91 Å². The minimum Gasteiger partial charge on any atom is -0.482 e. The molecule has 0 spiro atoms. The molecule has 0 aromatic heterocycles. The molecule has 2 rings (SSSR count). The first-order chi connectivity index (χ1) is 12.2. The second kappa shape index (κ2) is 9.78. The highest BCUT2D eigenvalue weighted by atomic mass is 16.6. The molecule has 0 saturated carbocycles. The molecule has 0 bridgehead atoms. The third-order valence-corrected chi connectivity index (χ3v) is 3.31. The summed E-state index contributed by atoms with van der Waals surface area (Å²) in [7, 11) is 0. The standard InChI is InChI=1S/C20H19NO4/c1-2-12-21-19(22)14-25-20(23)15-24-18-11-7-6-10-17(18)13-16-8-4-3-5-9-16/h1,3-11H,12-15H2,(H,21,22). The van der Waals surface area contributed by atoms with Crippen LogP contribution in [0.2, 0.25) is 0 Å². The summed E-state index contributed by atoms with van der Waals surface area (Å²) in [6.45, 7) is -0.552. The monoisotopic (exact) mass is 337 g/mol. The van der Waals surface area contributed by atoms with Gasteiger partial charge in [0.1, 0.15) is 5.75 Å². The Kier molecular flexibility index (Phi) is 7.08. The second-order valence-electron chi connectivity index (χ2n) is 5.20. The van der Waals surface area contributed by atoms with E-state index in [1.807, 2.05) is 48.5 Å². The highest BCUT2D eigenvalue weighted by Gasteiger charge is 2.10. The van der Waals surface area contributed by atoms with Crippen LogP contribution in [-0.2, 0) is 20.7 Å². The Morgan fingerprint density at radius 2 is 1.72 bits per heavy atom. The van der Waals surface area contributed by atoms with Gasteiger partial charge >= 0.3 is 5.97 Å². The first-order valence-corrected chi connectivity index (χ1v) is 7.79. The largest absolute Gasteiger partial charge is 0.482 e. The van der Waals surface area contributed by atoms with E-state index in [4.69, 9.17) is 15.9 Å². The summed E-state index contributed by atoms with van der Waals surface area (Å²) in [5.41, 5.74) is 2.11. The molecule has 0 saturated heterocycles. The van der Waals surface area contributed by atoms with Crippen LogP contribution in [-0.4, -0.2) is 31.6 Å². The number of esters is 1. The van der Waals surface area contributed by atoms with Crippen LogP contribution in [0.5, 0.6) is 5.75 Å². The first kappa shape index (κ1) is 18.1. The van der Waals surface area contributed by atoms with Gasteiger partial charge in [0.2, 0.25) is 0 Å². The Morgan fingerprint density at radius 3 is 2.48 bits per heavy atom. The molecule has 0 unspecified atom stereocenters. The highest BCUT2D eigenvalue weighted by Crippen LogP contribution is 2.21. The number of nitrogens with one attached hydrogen (secondary N) is 1. The molecule has 5 heteroatoms. The summed E-state index contributed by atoms with van der Waals surface area (Å²) in [5.74, 6) is 1.80. The van der Waals surface area contributed by atoms with E-state index in [2.05, 4.69) is 11.2 Å². The van der Waals surface area contributed by atoms with Crippen LogP contribution in [0.1, 0.15) is 11.1 Å². The zero-order valence-corrected chi connectivity index (χ0v) is 13.7. The van der Waals surface area contributed by atoms with Crippen LogP contribution in [0.15, 0.2) is 54.6 Å². The van der Waals surface area contributed by atoms with Crippen LogP contribution in [0.4, 0.5) is 0 Å². The third kappa shape index (κ3) is 6.40. The number of terminal acetylenes is 1. The molecule has 0 atom stereocenters. The molecular formula is C20H19NO4. The smallest absolute Gasteiger partial charge is 0.344 e. The van der Waals surface area contributed by atoms with E-state index in [0.29, 0.717) is 12.2 Å². The molecule has 25 heavy (non-hydrogen) atoms. The quantitative estimate of drug-likeness (QED) is 0.591. The Labute approximate surface area is 147 Å². The lowest BCUT2D eigenvalue weighted by Gasteiger charge is -2.11. The van der Waals surface area contributed by atoms with E-state index >= 15 is 0 Å². The van der Waals surface area contributed by atoms with Gasteiger partial charge in [-0.25, -0.2) is 4.79 Å². The molecule has 0 aliphatic carbocycles. The van der Waals surface area contributed by atoms with Crippen LogP contribution in [0, 0.1) is 12.3 Å². The highest BCUT2D eigenvalue weighted by molar-refractivity contribution is 5.81. The molecule has 0 radical (unpaired) electrons. The van der Waals surface area contributed by atoms with Gasteiger partial charge in [-0.3, -0.25) is 4.79 Å². The van der Waals surface area contributed by atoms with Gasteiger partial charge in [-0.15, -0.1) is 6.42 Å². The second-order valence-corrected chi connectivity index (χ2v) is 5.20. The molecule has 0 aliphatic rings. The molecule has 0 fully saturated rings. The number of ether oxygens (including phenoxy) is 2. The van der Waals surface area contributed by atoms with Crippen molar-refractivity contribution in [3.05, 3.63) is 65.7 Å². The van der Waals surface area contributed by atoms with Gasteiger partial charge in [-0.05, 0) is 17.2 Å². The fraction of sp³-hybridized carbons (Fsp3) is 0.200. The first-order valence-electron chi connectivity index (χ1n) is 7.79. The topological polar surface area (TPSA) is 64.6 Å². The molecule has 2 aromatic carbocycles. The number of hydrogen-bond acceptors (Lipinski definition) is 4. The van der Waals surface area contributed by atoms with E-state index in [1.165, 1.54) is 0 Å². The number of amides is 1. The summed E-state index contributed by atoms with van der Waals surface area (Å²) < 4.78 is 10.4. The molecule has 0 aliphatic heterocycles. The van der Waals surface area contributed by atoms with Gasteiger partial charge in [0.15, 0.2) is 13.2 Å². The van der Waals surface area contributed by atoms with E-state index < -0.39 is 11.9 Å². The molecule has 1 N–H and O–H groups in total. The summed E-state index contributed by atoms with van der Waals surface area (Å²) >= 11 is 0. The van der Waals surface area contributed by atoms with E-state index in [0.717, 1.165) is 11.1 Å². The predicted octanol–water partition coefficient (Wildman–Crippen LogP) is 1.95. The molecule has 1 amide bonds. The Hall–Kier alpha value is -3.26. The van der Waals surface area contributed by atoms with Gasteiger partial charge in [0, 0.05) is 6.42 Å². The minimum atomic E-state index is -0.620. The molecular weight excluding hydrogens is 318 g/mol. The van der Waals surface area contributed by atoms with Crippen molar-refractivity contribution in [3.8, 4) is 18.1 Å². The van der Waals surface area contributed by atoms with Crippen molar-refractivity contribution in [3.63, 3.8) is 0 Å². The average Bonchev–Trinajstić information content (AvgIpc) is 2.64. The molecule has 128 valence electrons. The Balaban J connectivity index is 1.85. The number of para-hydroxylation sites is 1. The normalized spacial score (nSPS) is 9.72. The molecule has 5 nitrogen and oxygen atoms in total. The fourth-order valence-electron chi connectivity index (χ4n) is 2.13. The lowest BCUT2D eigenvalue weighted by Crippen LogP contribution is -2.30. The number of carbonyl (C=O) groups is 2. The van der Waals surface area contributed by atoms with Crippen LogP contribution >= 0.6 is 0 Å². The Bertz CT molecular complexity index is 750. The SMILES string of the molecule is C#CCNC(=O)COC(=O)COc1ccccc1Cc1ccccc1. The Morgan fingerprint density at radius 1 is 1.00 bits per heavy atom. The molecule has 0 heterocycles. The van der Waals surface area contributed by atoms with Crippen molar-refractivity contribution in [2.24, 2.45) is 0 Å². The predicted molar refractivity (Wildman–Crippen MR) is 94.0 cm³/mol. The zero-order chi connectivity index (χ0) is 17.9. The number of carbonyl (C=O) groups excluding carboxylic acids is 2. The summed E-state index contributed by atoms with van der Waals surface area (Å²) in [6, 6.07) is 17.5. The number of rotatable bonds is 8. The van der Waals surface area contributed by atoms with Crippen LogP contribution in [0.3, 0.4) is 0 Å². The van der Waals surface area contributed by atoms with E-state index in [1.54, 1.807) is 6.07 Å². The van der Waals surface area contributed by atoms with E-state index in [9.17, 15) is 9.59 Å². The van der Waals surface area contributed by atoms with Gasteiger partial charge in [-0.1, -0.05) is 54.5 Å². The van der Waals surface area contributed by atoms with Crippen molar-refractivity contribution >= 4 is 11.9 Å². The fourth-order valence-corrected chi connectivity index (χ4v) is 2.13. The number of benzene rings is 2. The lowest BCUT2D eigenvalue weighted by molar-refractivity contribution is -0.150. The summed E-state index contributed by atoms with van der Waals surface area (Å²) in [5, 5.41) is 2.40. The van der Waals surface area contributed by atoms with Gasteiger partial charge in [0.05, 0.1) is 6.54 Å². The van der Waals surface area contributed by atoms with Crippen molar-refractivity contribution in [2.75, 3.05) is 19.8 Å². The average molecular weight is 337 g/mol. The number of hydrogen-bond donors (Lipinski definition) is 1. The summed E-state index contributed by atoms with van der Waals surface area (Å²) in [4.78, 5) is 23.0. The van der Waals surface area contributed by atoms with Gasteiger partial charge in [-0.2, -0.15) is 0 Å². The lowest BCUT2D eigenvalue weighted by atomic mass is 10.0. The summed E-state index contributed by atoms with van der Waals surface area (Å²) in [6.07, 6.45) is 5.72. The maximum atomic E-state index is 11.7. The third-order valence-electron chi connectivity index (χ3n) is 3.31. The maximum Gasteiger partial charge on any atom is 0.344 e. The van der Waals surface area contributed by atoms with Crippen molar-refractivity contribution in [1.29, 1.82) is 0 Å². The van der Waals surface area contributed by atoms with Crippen molar-refractivity contribution in [2.45, 2.75) is 6.42 Å².